The highest BCUT2D eigenvalue weighted by atomic mass is 16.5. The maximum Gasteiger partial charge on any atom is 0.257 e. The Labute approximate surface area is 180 Å². The maximum atomic E-state index is 12.9. The van der Waals surface area contributed by atoms with E-state index in [2.05, 4.69) is 30.2 Å². The molecular formula is C22H26N6O3. The summed E-state index contributed by atoms with van der Waals surface area (Å²) in [6, 6.07) is 13.1. The molecule has 9 heteroatoms. The Hall–Kier alpha value is -3.30. The molecule has 0 atom stereocenters. The molecule has 31 heavy (non-hydrogen) atoms. The van der Waals surface area contributed by atoms with E-state index in [-0.39, 0.29) is 19.1 Å². The number of carbonyl (C=O) groups is 1. The molecule has 3 aromatic rings. The summed E-state index contributed by atoms with van der Waals surface area (Å²) in [5.41, 5.74) is 2.21. The van der Waals surface area contributed by atoms with Crippen molar-refractivity contribution in [2.24, 2.45) is 0 Å². The smallest absolute Gasteiger partial charge is 0.257 e. The van der Waals surface area contributed by atoms with E-state index in [0.717, 1.165) is 37.4 Å². The van der Waals surface area contributed by atoms with Crippen molar-refractivity contribution in [2.45, 2.75) is 13.5 Å². The Bertz CT molecular complexity index is 1020. The summed E-state index contributed by atoms with van der Waals surface area (Å²) in [5.74, 6) is 1.28. The highest BCUT2D eigenvalue weighted by molar-refractivity contribution is 5.98. The van der Waals surface area contributed by atoms with Gasteiger partial charge in [-0.3, -0.25) is 9.69 Å². The molecule has 9 nitrogen and oxygen atoms in total. The van der Waals surface area contributed by atoms with Gasteiger partial charge in [-0.05, 0) is 31.2 Å². The van der Waals surface area contributed by atoms with Gasteiger partial charge in [-0.2, -0.15) is 4.98 Å². The van der Waals surface area contributed by atoms with Crippen molar-refractivity contribution in [3.05, 3.63) is 59.5 Å². The van der Waals surface area contributed by atoms with E-state index in [1.165, 1.54) is 0 Å². The number of aliphatic hydroxyl groups excluding tert-OH is 1. The maximum absolute atomic E-state index is 12.9. The number of hydrogen-bond acceptors (Lipinski definition) is 8. The quantitative estimate of drug-likeness (QED) is 0.590. The molecule has 2 aromatic heterocycles. The number of rotatable bonds is 7. The number of hydrogen-bond donors (Lipinski definition) is 2. The number of nitrogens with one attached hydrogen (secondary N) is 1. The van der Waals surface area contributed by atoms with Crippen molar-refractivity contribution in [3.63, 3.8) is 0 Å². The summed E-state index contributed by atoms with van der Waals surface area (Å²) in [6.45, 7) is 6.04. The van der Waals surface area contributed by atoms with Gasteiger partial charge in [-0.25, -0.2) is 4.98 Å². The number of aromatic nitrogens is 3. The van der Waals surface area contributed by atoms with Gasteiger partial charge in [0.15, 0.2) is 5.82 Å². The van der Waals surface area contributed by atoms with Crippen molar-refractivity contribution < 1.29 is 14.4 Å². The first-order valence-corrected chi connectivity index (χ1v) is 10.4. The van der Waals surface area contributed by atoms with Crippen molar-refractivity contribution in [2.75, 3.05) is 44.2 Å². The third-order valence-corrected chi connectivity index (χ3v) is 5.24. The summed E-state index contributed by atoms with van der Waals surface area (Å²) in [4.78, 5) is 26.2. The zero-order valence-corrected chi connectivity index (χ0v) is 17.5. The lowest BCUT2D eigenvalue weighted by Crippen LogP contribution is -2.48. The topological polar surface area (TPSA) is 108 Å². The largest absolute Gasteiger partial charge is 0.395 e. The van der Waals surface area contributed by atoms with E-state index in [9.17, 15) is 4.79 Å². The van der Waals surface area contributed by atoms with Crippen LogP contribution in [-0.4, -0.2) is 70.4 Å². The number of aryl methyl sites for hydroxylation is 1. The predicted octanol–water partition coefficient (Wildman–Crippen LogP) is 1.48. The van der Waals surface area contributed by atoms with E-state index >= 15 is 0 Å². The third kappa shape index (κ3) is 5.07. The van der Waals surface area contributed by atoms with E-state index in [1.807, 2.05) is 43.3 Å². The number of amides is 1. The Morgan fingerprint density at radius 1 is 1.10 bits per heavy atom. The van der Waals surface area contributed by atoms with Crippen LogP contribution in [0.3, 0.4) is 0 Å². The summed E-state index contributed by atoms with van der Waals surface area (Å²) in [7, 11) is 0. The first-order chi connectivity index (χ1) is 15.1. The van der Waals surface area contributed by atoms with Crippen LogP contribution in [0.4, 0.5) is 5.82 Å². The molecule has 1 aromatic carbocycles. The molecule has 0 spiro atoms. The van der Waals surface area contributed by atoms with Gasteiger partial charge >= 0.3 is 0 Å². The van der Waals surface area contributed by atoms with Gasteiger partial charge in [0.25, 0.3) is 11.8 Å². The van der Waals surface area contributed by atoms with Gasteiger partial charge < -0.3 is 19.8 Å². The van der Waals surface area contributed by atoms with Crippen LogP contribution >= 0.6 is 0 Å². The fourth-order valence-corrected chi connectivity index (χ4v) is 3.56. The standard InChI is InChI=1S/C22H26N6O3/c1-16-7-8-18(20(24-16)28-11-9-27(10-12-28)13-14-29)21(30)23-15-19-25-22(31-26-19)17-5-3-2-4-6-17/h2-8,29H,9-15H2,1H3,(H,23,30). The fraction of sp³-hybridized carbons (Fsp3) is 0.364. The number of carbonyl (C=O) groups excluding carboxylic acids is 1. The summed E-state index contributed by atoms with van der Waals surface area (Å²) < 4.78 is 5.30. The van der Waals surface area contributed by atoms with Crippen LogP contribution in [0.5, 0.6) is 0 Å². The van der Waals surface area contributed by atoms with Crippen molar-refractivity contribution >= 4 is 11.7 Å². The SMILES string of the molecule is Cc1ccc(C(=O)NCc2noc(-c3ccccc3)n2)c(N2CCN(CCO)CC2)n1. The minimum absolute atomic E-state index is 0.151. The van der Waals surface area contributed by atoms with Crippen LogP contribution in [0.25, 0.3) is 11.5 Å². The molecule has 0 aliphatic carbocycles. The minimum Gasteiger partial charge on any atom is -0.395 e. The van der Waals surface area contributed by atoms with Crippen molar-refractivity contribution in [1.29, 1.82) is 0 Å². The van der Waals surface area contributed by atoms with Crippen molar-refractivity contribution in [3.8, 4) is 11.5 Å². The monoisotopic (exact) mass is 422 g/mol. The van der Waals surface area contributed by atoms with E-state index < -0.39 is 0 Å². The van der Waals surface area contributed by atoms with Gasteiger partial charge in [-0.1, -0.05) is 23.4 Å². The third-order valence-electron chi connectivity index (χ3n) is 5.24. The molecule has 2 N–H and O–H groups in total. The summed E-state index contributed by atoms with van der Waals surface area (Å²) in [6.07, 6.45) is 0. The number of piperazine rings is 1. The van der Waals surface area contributed by atoms with Crippen LogP contribution in [0.1, 0.15) is 21.9 Å². The Balaban J connectivity index is 1.43. The van der Waals surface area contributed by atoms with Gasteiger partial charge in [0.2, 0.25) is 0 Å². The molecule has 1 aliphatic heterocycles. The Kier molecular flexibility index (Phi) is 6.54. The first-order valence-electron chi connectivity index (χ1n) is 10.4. The number of aliphatic hydroxyl groups is 1. The molecule has 1 amide bonds. The number of pyridine rings is 1. The zero-order chi connectivity index (χ0) is 21.6. The van der Waals surface area contributed by atoms with Gasteiger partial charge in [-0.15, -0.1) is 0 Å². The number of β-amino-alcohol motifs (C(OH)–C–C–N with tert-alkyl or cyclic N) is 1. The van der Waals surface area contributed by atoms with Crippen LogP contribution in [0.2, 0.25) is 0 Å². The van der Waals surface area contributed by atoms with Crippen LogP contribution in [0.15, 0.2) is 47.0 Å². The molecule has 3 heterocycles. The second-order valence-electron chi connectivity index (χ2n) is 7.44. The Morgan fingerprint density at radius 2 is 1.87 bits per heavy atom. The molecule has 162 valence electrons. The highest BCUT2D eigenvalue weighted by Crippen LogP contribution is 2.21. The lowest BCUT2D eigenvalue weighted by atomic mass is 10.2. The van der Waals surface area contributed by atoms with Crippen molar-refractivity contribution in [1.82, 2.24) is 25.3 Å². The lowest BCUT2D eigenvalue weighted by molar-refractivity contribution is 0.0949. The van der Waals surface area contributed by atoms with Gasteiger partial charge in [0.1, 0.15) is 5.82 Å². The van der Waals surface area contributed by atoms with Gasteiger partial charge in [0.05, 0.1) is 18.7 Å². The first kappa shape index (κ1) is 21.0. The van der Waals surface area contributed by atoms with E-state index in [0.29, 0.717) is 29.6 Å². The molecule has 0 saturated carbocycles. The molecule has 0 bridgehead atoms. The summed E-state index contributed by atoms with van der Waals surface area (Å²) >= 11 is 0. The average Bonchev–Trinajstić information content (AvgIpc) is 3.28. The lowest BCUT2D eigenvalue weighted by Gasteiger charge is -2.35. The molecule has 4 rings (SSSR count). The average molecular weight is 422 g/mol. The fourth-order valence-electron chi connectivity index (χ4n) is 3.56. The predicted molar refractivity (Wildman–Crippen MR) is 116 cm³/mol. The molecule has 1 aliphatic rings. The second kappa shape index (κ2) is 9.67. The van der Waals surface area contributed by atoms with E-state index in [1.54, 1.807) is 6.07 Å². The molecule has 1 saturated heterocycles. The second-order valence-corrected chi connectivity index (χ2v) is 7.44. The molecular weight excluding hydrogens is 396 g/mol. The number of benzene rings is 1. The molecule has 0 unspecified atom stereocenters. The van der Waals surface area contributed by atoms with Crippen LogP contribution < -0.4 is 10.2 Å². The normalized spacial score (nSPS) is 14.6. The zero-order valence-electron chi connectivity index (χ0n) is 17.5. The van der Waals surface area contributed by atoms with Gasteiger partial charge in [0, 0.05) is 44.0 Å². The van der Waals surface area contributed by atoms with E-state index in [4.69, 9.17) is 9.63 Å². The van der Waals surface area contributed by atoms with Crippen LogP contribution in [0, 0.1) is 6.92 Å². The number of nitrogens with zero attached hydrogens (tertiary/aromatic N) is 5. The Morgan fingerprint density at radius 3 is 2.61 bits per heavy atom. The van der Waals surface area contributed by atoms with Crippen LogP contribution in [-0.2, 0) is 6.54 Å². The molecule has 0 radical (unpaired) electrons. The number of anilines is 1. The minimum atomic E-state index is -0.230. The summed E-state index contributed by atoms with van der Waals surface area (Å²) in [5, 5.41) is 16.0. The molecule has 1 fully saturated rings. The highest BCUT2D eigenvalue weighted by Gasteiger charge is 2.23.